The number of carboxylic acids is 1. The topological polar surface area (TPSA) is 177 Å². The molecule has 0 aromatic rings. The lowest BCUT2D eigenvalue weighted by Crippen LogP contribution is -2.58. The molecule has 0 aliphatic heterocycles. The van der Waals surface area contributed by atoms with Gasteiger partial charge in [0.1, 0.15) is 18.1 Å². The first-order valence-electron chi connectivity index (χ1n) is 10.3. The molecule has 4 atom stereocenters. The SMILES string of the molecule is CSCCC(N)C(=O)NC(CCCCN)C(=O)NC(CS)C(=O)NC(C(=O)O)C(C)C. The third-order valence-corrected chi connectivity index (χ3v) is 5.60. The molecule has 31 heavy (non-hydrogen) atoms. The number of carboxylic acid groups (broad SMARTS) is 1. The van der Waals surface area contributed by atoms with E-state index in [1.165, 1.54) is 0 Å². The fraction of sp³-hybridized carbons (Fsp3) is 0.789. The average Bonchev–Trinajstić information content (AvgIpc) is 2.72. The Morgan fingerprint density at radius 1 is 0.968 bits per heavy atom. The summed E-state index contributed by atoms with van der Waals surface area (Å²) in [6, 6.07) is -3.80. The maximum atomic E-state index is 12.8. The van der Waals surface area contributed by atoms with Gasteiger partial charge in [-0.15, -0.1) is 0 Å². The first-order chi connectivity index (χ1) is 14.6. The van der Waals surface area contributed by atoms with Crippen LogP contribution < -0.4 is 27.4 Å². The average molecular weight is 480 g/mol. The molecule has 12 heteroatoms. The molecule has 0 radical (unpaired) electrons. The van der Waals surface area contributed by atoms with Gasteiger partial charge >= 0.3 is 5.97 Å². The minimum atomic E-state index is -1.17. The number of unbranched alkanes of at least 4 members (excludes halogenated alkanes) is 1. The van der Waals surface area contributed by atoms with Gasteiger partial charge in [-0.1, -0.05) is 13.8 Å². The number of hydrogen-bond donors (Lipinski definition) is 7. The first kappa shape index (κ1) is 29.5. The largest absolute Gasteiger partial charge is 0.480 e. The van der Waals surface area contributed by atoms with E-state index in [9.17, 15) is 24.3 Å². The van der Waals surface area contributed by atoms with Crippen LogP contribution in [0.3, 0.4) is 0 Å². The third kappa shape index (κ3) is 11.6. The van der Waals surface area contributed by atoms with Crippen LogP contribution in [0.1, 0.15) is 39.5 Å². The standard InChI is InChI=1S/C19H37N5O5S2/c1-11(2)15(19(28)29)24-18(27)14(10-30)23-17(26)13(6-4-5-8-20)22-16(25)12(21)7-9-31-3/h11-15,30H,4-10,20-21H2,1-3H3,(H,22,25)(H,23,26)(H,24,27)(H,28,29). The van der Waals surface area contributed by atoms with Gasteiger partial charge in [0.25, 0.3) is 0 Å². The maximum Gasteiger partial charge on any atom is 0.326 e. The van der Waals surface area contributed by atoms with Gasteiger partial charge in [0.05, 0.1) is 6.04 Å². The maximum absolute atomic E-state index is 12.8. The molecule has 8 N–H and O–H groups in total. The highest BCUT2D eigenvalue weighted by Crippen LogP contribution is 2.06. The zero-order valence-electron chi connectivity index (χ0n) is 18.4. The van der Waals surface area contributed by atoms with Crippen molar-refractivity contribution in [3.8, 4) is 0 Å². The van der Waals surface area contributed by atoms with Crippen LogP contribution in [-0.2, 0) is 19.2 Å². The van der Waals surface area contributed by atoms with Gasteiger partial charge in [0.2, 0.25) is 17.7 Å². The summed E-state index contributed by atoms with van der Waals surface area (Å²) in [7, 11) is 0. The molecule has 0 saturated carbocycles. The van der Waals surface area contributed by atoms with E-state index in [0.717, 1.165) is 0 Å². The number of carbonyl (C=O) groups is 4. The Hall–Kier alpha value is -1.50. The molecule has 0 saturated heterocycles. The predicted molar refractivity (Wildman–Crippen MR) is 126 cm³/mol. The summed E-state index contributed by atoms with van der Waals surface area (Å²) in [6.07, 6.45) is 3.97. The van der Waals surface area contributed by atoms with Crippen LogP contribution in [0.15, 0.2) is 0 Å². The van der Waals surface area contributed by atoms with Crippen LogP contribution in [0.5, 0.6) is 0 Å². The van der Waals surface area contributed by atoms with Crippen LogP contribution in [0.2, 0.25) is 0 Å². The Bertz CT molecular complexity index is 594. The summed E-state index contributed by atoms with van der Waals surface area (Å²) in [5, 5.41) is 16.9. The van der Waals surface area contributed by atoms with Gasteiger partial charge < -0.3 is 32.5 Å². The van der Waals surface area contributed by atoms with Gasteiger partial charge in [-0.3, -0.25) is 14.4 Å². The van der Waals surface area contributed by atoms with Crippen molar-refractivity contribution in [2.24, 2.45) is 17.4 Å². The highest BCUT2D eigenvalue weighted by atomic mass is 32.2. The molecule has 0 aromatic carbocycles. The van der Waals surface area contributed by atoms with E-state index < -0.39 is 47.9 Å². The molecule has 0 heterocycles. The highest BCUT2D eigenvalue weighted by Gasteiger charge is 2.30. The van der Waals surface area contributed by atoms with E-state index in [-0.39, 0.29) is 11.7 Å². The number of thiol groups is 1. The lowest BCUT2D eigenvalue weighted by Gasteiger charge is -2.25. The molecule has 0 aliphatic carbocycles. The summed E-state index contributed by atoms with van der Waals surface area (Å²) in [5.41, 5.74) is 11.4. The molecule has 3 amide bonds. The Balaban J connectivity index is 5.18. The summed E-state index contributed by atoms with van der Waals surface area (Å²) < 4.78 is 0. The zero-order chi connectivity index (χ0) is 24.0. The van der Waals surface area contributed by atoms with E-state index in [2.05, 4.69) is 28.6 Å². The van der Waals surface area contributed by atoms with Gasteiger partial charge in [-0.05, 0) is 50.2 Å². The molecular formula is C19H37N5O5S2. The van der Waals surface area contributed by atoms with Crippen molar-refractivity contribution in [3.05, 3.63) is 0 Å². The van der Waals surface area contributed by atoms with Crippen LogP contribution in [-0.4, -0.2) is 77.3 Å². The quantitative estimate of drug-likeness (QED) is 0.112. The second-order valence-corrected chi connectivity index (χ2v) is 8.90. The van der Waals surface area contributed by atoms with E-state index in [4.69, 9.17) is 11.5 Å². The fourth-order valence-electron chi connectivity index (χ4n) is 2.65. The van der Waals surface area contributed by atoms with Crippen molar-refractivity contribution >= 4 is 48.1 Å². The lowest BCUT2D eigenvalue weighted by molar-refractivity contribution is -0.143. The van der Waals surface area contributed by atoms with E-state index >= 15 is 0 Å². The molecule has 180 valence electrons. The first-order valence-corrected chi connectivity index (χ1v) is 12.3. The van der Waals surface area contributed by atoms with Crippen LogP contribution in [0.4, 0.5) is 0 Å². The van der Waals surface area contributed by atoms with Crippen molar-refractivity contribution in [1.29, 1.82) is 0 Å². The molecule has 0 spiro atoms. The molecule has 0 fully saturated rings. The Morgan fingerprint density at radius 2 is 1.55 bits per heavy atom. The summed E-state index contributed by atoms with van der Waals surface area (Å²) in [4.78, 5) is 49.0. The summed E-state index contributed by atoms with van der Waals surface area (Å²) in [6.45, 7) is 3.77. The number of rotatable bonds is 16. The number of carbonyl (C=O) groups excluding carboxylic acids is 3. The second-order valence-electron chi connectivity index (χ2n) is 7.55. The van der Waals surface area contributed by atoms with E-state index in [1.807, 2.05) is 6.26 Å². The normalized spacial score (nSPS) is 14.9. The van der Waals surface area contributed by atoms with Crippen LogP contribution in [0.25, 0.3) is 0 Å². The molecule has 4 unspecified atom stereocenters. The number of hydrogen-bond acceptors (Lipinski definition) is 8. The molecule has 0 aromatic heterocycles. The van der Waals surface area contributed by atoms with Gasteiger partial charge in [-0.2, -0.15) is 24.4 Å². The monoisotopic (exact) mass is 479 g/mol. The zero-order valence-corrected chi connectivity index (χ0v) is 20.1. The smallest absolute Gasteiger partial charge is 0.326 e. The molecule has 0 aliphatic rings. The van der Waals surface area contributed by atoms with E-state index in [0.29, 0.717) is 38.0 Å². The van der Waals surface area contributed by atoms with Crippen molar-refractivity contribution < 1.29 is 24.3 Å². The number of amides is 3. The van der Waals surface area contributed by atoms with Gasteiger partial charge in [0, 0.05) is 5.75 Å². The number of aliphatic carboxylic acids is 1. The van der Waals surface area contributed by atoms with Gasteiger partial charge in [-0.25, -0.2) is 4.79 Å². The number of thioether (sulfide) groups is 1. The summed E-state index contributed by atoms with van der Waals surface area (Å²) >= 11 is 5.67. The highest BCUT2D eigenvalue weighted by molar-refractivity contribution is 7.98. The molecule has 10 nitrogen and oxygen atoms in total. The predicted octanol–water partition coefficient (Wildman–Crippen LogP) is -0.679. The van der Waals surface area contributed by atoms with Crippen LogP contribution in [0, 0.1) is 5.92 Å². The minimum absolute atomic E-state index is 0.0429. The third-order valence-electron chi connectivity index (χ3n) is 4.60. The molecular weight excluding hydrogens is 442 g/mol. The second kappa shape index (κ2) is 16.2. The number of nitrogens with one attached hydrogen (secondary N) is 3. The van der Waals surface area contributed by atoms with Crippen molar-refractivity contribution in [2.75, 3.05) is 24.3 Å². The van der Waals surface area contributed by atoms with Crippen molar-refractivity contribution in [1.82, 2.24) is 16.0 Å². The Labute approximate surface area is 193 Å². The summed E-state index contributed by atoms with van der Waals surface area (Å²) in [5.74, 6) is -2.51. The Kier molecular flexibility index (Phi) is 15.4. The van der Waals surface area contributed by atoms with Crippen LogP contribution >= 0.6 is 24.4 Å². The Morgan fingerprint density at radius 3 is 2.03 bits per heavy atom. The van der Waals surface area contributed by atoms with Crippen molar-refractivity contribution in [2.45, 2.75) is 63.7 Å². The number of nitrogens with two attached hydrogens (primary N) is 2. The molecule has 0 bridgehead atoms. The fourth-order valence-corrected chi connectivity index (χ4v) is 3.40. The van der Waals surface area contributed by atoms with E-state index in [1.54, 1.807) is 25.6 Å². The lowest BCUT2D eigenvalue weighted by atomic mass is 10.0. The van der Waals surface area contributed by atoms with Gasteiger partial charge in [0.15, 0.2) is 0 Å². The molecule has 0 rings (SSSR count). The van der Waals surface area contributed by atoms with Crippen molar-refractivity contribution in [3.63, 3.8) is 0 Å². The minimum Gasteiger partial charge on any atom is -0.480 e.